The first-order chi connectivity index (χ1) is 12.1. The molecule has 7 heteroatoms. The number of carbonyl (C=O) groups is 1. The minimum Gasteiger partial charge on any atom is -0.497 e. The number of ether oxygens (including phenoxy) is 1. The third kappa shape index (κ3) is 3.93. The zero-order valence-electron chi connectivity index (χ0n) is 14.6. The maximum Gasteiger partial charge on any atom is 0.318 e. The summed E-state index contributed by atoms with van der Waals surface area (Å²) in [6.45, 7) is 1.12. The lowest BCUT2D eigenvalue weighted by Gasteiger charge is -2.31. The van der Waals surface area contributed by atoms with Crippen molar-refractivity contribution in [1.82, 2.24) is 19.8 Å². The highest BCUT2D eigenvalue weighted by Crippen LogP contribution is 2.23. The summed E-state index contributed by atoms with van der Waals surface area (Å²) >= 11 is 0. The lowest BCUT2D eigenvalue weighted by molar-refractivity contribution is 0.0931. The van der Waals surface area contributed by atoms with Crippen molar-refractivity contribution < 1.29 is 14.6 Å². The lowest BCUT2D eigenvalue weighted by atomic mass is 10.1. The number of aryl methyl sites for hydroxylation is 1. The SMILES string of the molecule is COc1ccc([C@H](NC(=O)N2CCC(O)CC2)c2nccn2C)cc1. The molecule has 2 amide bonds. The van der Waals surface area contributed by atoms with Crippen LogP contribution in [0.4, 0.5) is 4.79 Å². The molecule has 1 aliphatic rings. The molecule has 7 nitrogen and oxygen atoms in total. The lowest BCUT2D eigenvalue weighted by Crippen LogP contribution is -2.47. The number of aliphatic hydroxyl groups is 1. The molecule has 2 N–H and O–H groups in total. The molecule has 134 valence electrons. The van der Waals surface area contributed by atoms with Gasteiger partial charge >= 0.3 is 6.03 Å². The molecular formula is C18H24N4O3. The highest BCUT2D eigenvalue weighted by Gasteiger charge is 2.26. The van der Waals surface area contributed by atoms with Gasteiger partial charge in [0, 0.05) is 32.5 Å². The summed E-state index contributed by atoms with van der Waals surface area (Å²) < 4.78 is 7.11. The molecule has 2 aromatic rings. The fourth-order valence-corrected chi connectivity index (χ4v) is 3.03. The summed E-state index contributed by atoms with van der Waals surface area (Å²) in [5, 5.41) is 12.7. The number of nitrogens with one attached hydrogen (secondary N) is 1. The molecule has 0 unspecified atom stereocenters. The molecule has 3 rings (SSSR count). The second-order valence-electron chi connectivity index (χ2n) is 6.27. The normalized spacial score (nSPS) is 16.5. The van der Waals surface area contributed by atoms with Crippen molar-refractivity contribution in [2.24, 2.45) is 7.05 Å². The second-order valence-corrected chi connectivity index (χ2v) is 6.27. The van der Waals surface area contributed by atoms with Crippen LogP contribution in [0, 0.1) is 0 Å². The van der Waals surface area contributed by atoms with Crippen LogP contribution in [0.3, 0.4) is 0 Å². The van der Waals surface area contributed by atoms with Gasteiger partial charge in [0.05, 0.1) is 13.2 Å². The summed E-state index contributed by atoms with van der Waals surface area (Å²) in [5.74, 6) is 1.52. The van der Waals surface area contributed by atoms with E-state index in [0.717, 1.165) is 17.1 Å². The molecule has 1 atom stereocenters. The van der Waals surface area contributed by atoms with Crippen molar-refractivity contribution >= 4 is 6.03 Å². The van der Waals surface area contributed by atoms with Gasteiger partial charge in [-0.1, -0.05) is 12.1 Å². The van der Waals surface area contributed by atoms with Gasteiger partial charge in [0.2, 0.25) is 0 Å². The van der Waals surface area contributed by atoms with Crippen LogP contribution in [-0.4, -0.2) is 51.9 Å². The van der Waals surface area contributed by atoms with Crippen LogP contribution in [-0.2, 0) is 7.05 Å². The number of hydrogen-bond donors (Lipinski definition) is 2. The summed E-state index contributed by atoms with van der Waals surface area (Å²) in [6, 6.07) is 7.10. The number of urea groups is 1. The van der Waals surface area contributed by atoms with E-state index in [1.54, 1.807) is 18.2 Å². The molecule has 1 aromatic heterocycles. The maximum absolute atomic E-state index is 12.7. The number of likely N-dealkylation sites (tertiary alicyclic amines) is 1. The average Bonchev–Trinajstić information content (AvgIpc) is 3.06. The largest absolute Gasteiger partial charge is 0.497 e. The van der Waals surface area contributed by atoms with Crippen molar-refractivity contribution in [3.8, 4) is 5.75 Å². The Hall–Kier alpha value is -2.54. The Balaban J connectivity index is 1.81. The van der Waals surface area contributed by atoms with Crippen molar-refractivity contribution in [2.45, 2.75) is 25.0 Å². The average molecular weight is 344 g/mol. The number of benzene rings is 1. The topological polar surface area (TPSA) is 79.6 Å². The van der Waals surface area contributed by atoms with Gasteiger partial charge in [0.25, 0.3) is 0 Å². The molecule has 0 aliphatic carbocycles. The van der Waals surface area contributed by atoms with Gasteiger partial charge in [-0.25, -0.2) is 9.78 Å². The number of hydrogen-bond acceptors (Lipinski definition) is 4. The second kappa shape index (κ2) is 7.57. The van der Waals surface area contributed by atoms with Crippen molar-refractivity contribution in [2.75, 3.05) is 20.2 Å². The molecule has 0 radical (unpaired) electrons. The van der Waals surface area contributed by atoms with Crippen LogP contribution in [0.15, 0.2) is 36.7 Å². The predicted octanol–water partition coefficient (Wildman–Crippen LogP) is 1.68. The van der Waals surface area contributed by atoms with Crippen molar-refractivity contribution in [1.29, 1.82) is 0 Å². The Morgan fingerprint density at radius 2 is 2.00 bits per heavy atom. The number of amides is 2. The molecule has 1 saturated heterocycles. The minimum absolute atomic E-state index is 0.143. The fraction of sp³-hybridized carbons (Fsp3) is 0.444. The quantitative estimate of drug-likeness (QED) is 0.884. The third-order valence-electron chi connectivity index (χ3n) is 4.59. The first-order valence-electron chi connectivity index (χ1n) is 8.43. The maximum atomic E-state index is 12.7. The van der Waals surface area contributed by atoms with E-state index in [2.05, 4.69) is 10.3 Å². The number of aromatic nitrogens is 2. The first kappa shape index (κ1) is 17.3. The zero-order chi connectivity index (χ0) is 17.8. The van der Waals surface area contributed by atoms with E-state index in [1.165, 1.54) is 0 Å². The highest BCUT2D eigenvalue weighted by molar-refractivity contribution is 5.75. The summed E-state index contributed by atoms with van der Waals surface area (Å²) in [6.07, 6.45) is 4.49. The Labute approximate surface area is 147 Å². The summed E-state index contributed by atoms with van der Waals surface area (Å²) in [5.41, 5.74) is 0.931. The van der Waals surface area contributed by atoms with Crippen LogP contribution >= 0.6 is 0 Å². The Kier molecular flexibility index (Phi) is 5.23. The predicted molar refractivity (Wildman–Crippen MR) is 93.4 cm³/mol. The molecule has 0 bridgehead atoms. The van der Waals surface area contributed by atoms with Gasteiger partial charge in [0.1, 0.15) is 17.6 Å². The van der Waals surface area contributed by atoms with E-state index in [1.807, 2.05) is 42.1 Å². The zero-order valence-corrected chi connectivity index (χ0v) is 14.6. The molecule has 0 spiro atoms. The summed E-state index contributed by atoms with van der Waals surface area (Å²) in [7, 11) is 3.53. The van der Waals surface area contributed by atoms with Crippen LogP contribution < -0.4 is 10.1 Å². The van der Waals surface area contributed by atoms with Crippen LogP contribution in [0.25, 0.3) is 0 Å². The fourth-order valence-electron chi connectivity index (χ4n) is 3.03. The molecular weight excluding hydrogens is 320 g/mol. The minimum atomic E-state index is -0.356. The highest BCUT2D eigenvalue weighted by atomic mass is 16.5. The number of imidazole rings is 1. The Morgan fingerprint density at radius 3 is 2.56 bits per heavy atom. The van der Waals surface area contributed by atoms with Crippen LogP contribution in [0.1, 0.15) is 30.3 Å². The molecule has 0 saturated carbocycles. The smallest absolute Gasteiger partial charge is 0.318 e. The van der Waals surface area contributed by atoms with Crippen molar-refractivity contribution in [3.63, 3.8) is 0 Å². The number of aliphatic hydroxyl groups excluding tert-OH is 1. The number of methoxy groups -OCH3 is 1. The molecule has 25 heavy (non-hydrogen) atoms. The van der Waals surface area contributed by atoms with Crippen LogP contribution in [0.5, 0.6) is 5.75 Å². The Bertz CT molecular complexity index is 705. The van der Waals surface area contributed by atoms with E-state index in [0.29, 0.717) is 25.9 Å². The molecule has 1 aromatic carbocycles. The van der Waals surface area contributed by atoms with Gasteiger partial charge in [-0.3, -0.25) is 0 Å². The van der Waals surface area contributed by atoms with Gasteiger partial charge in [-0.05, 0) is 30.5 Å². The van der Waals surface area contributed by atoms with E-state index in [-0.39, 0.29) is 18.2 Å². The molecule has 1 fully saturated rings. The van der Waals surface area contributed by atoms with E-state index in [4.69, 9.17) is 4.74 Å². The Morgan fingerprint density at radius 1 is 1.32 bits per heavy atom. The van der Waals surface area contributed by atoms with Gasteiger partial charge in [-0.15, -0.1) is 0 Å². The third-order valence-corrected chi connectivity index (χ3v) is 4.59. The van der Waals surface area contributed by atoms with E-state index >= 15 is 0 Å². The first-order valence-corrected chi connectivity index (χ1v) is 8.43. The monoisotopic (exact) mass is 344 g/mol. The summed E-state index contributed by atoms with van der Waals surface area (Å²) in [4.78, 5) is 18.8. The molecule has 2 heterocycles. The standard InChI is InChI=1S/C18H24N4O3/c1-21-12-9-19-17(21)16(13-3-5-15(25-2)6-4-13)20-18(24)22-10-7-14(23)8-11-22/h3-6,9,12,14,16,23H,7-8,10-11H2,1-2H3,(H,20,24)/t16-/m0/s1. The van der Waals surface area contributed by atoms with Crippen molar-refractivity contribution in [3.05, 3.63) is 48.0 Å². The number of nitrogens with zero attached hydrogens (tertiary/aromatic N) is 3. The van der Waals surface area contributed by atoms with E-state index < -0.39 is 0 Å². The number of carbonyl (C=O) groups excluding carboxylic acids is 1. The van der Waals surface area contributed by atoms with E-state index in [9.17, 15) is 9.90 Å². The van der Waals surface area contributed by atoms with Gasteiger partial charge in [-0.2, -0.15) is 0 Å². The van der Waals surface area contributed by atoms with Gasteiger partial charge in [0.15, 0.2) is 0 Å². The van der Waals surface area contributed by atoms with Gasteiger partial charge < -0.3 is 24.6 Å². The van der Waals surface area contributed by atoms with Crippen LogP contribution in [0.2, 0.25) is 0 Å². The number of piperidine rings is 1. The molecule has 1 aliphatic heterocycles. The number of rotatable bonds is 4.